The quantitative estimate of drug-likeness (QED) is 0.755. The molecule has 0 saturated carbocycles. The zero-order valence-electron chi connectivity index (χ0n) is 9.31. The number of carbonyl (C=O) groups excluding carboxylic acids is 1. The van der Waals surface area contributed by atoms with Crippen LogP contribution in [0.15, 0.2) is 24.3 Å². The van der Waals surface area contributed by atoms with E-state index >= 15 is 0 Å². The molecule has 0 radical (unpaired) electrons. The highest BCUT2D eigenvalue weighted by Crippen LogP contribution is 2.13. The fraction of sp³-hybridized carbons (Fsp3) is 0.417. The van der Waals surface area contributed by atoms with Gasteiger partial charge in [-0.3, -0.25) is 0 Å². The summed E-state index contributed by atoms with van der Waals surface area (Å²) in [7, 11) is 0. The fourth-order valence-electron chi connectivity index (χ4n) is 1.85. The number of β-amino-alcohol motifs (C(OH)–C–C–N with tert-alkyl or cyclic N) is 1. The van der Waals surface area contributed by atoms with Crippen LogP contribution in [0, 0.1) is 6.92 Å². The molecular formula is C12H16N2O2. The number of nitrogens with one attached hydrogen (secondary N) is 1. The van der Waals surface area contributed by atoms with Crippen molar-refractivity contribution < 1.29 is 9.90 Å². The molecule has 2 N–H and O–H groups in total. The van der Waals surface area contributed by atoms with E-state index in [4.69, 9.17) is 0 Å². The Morgan fingerprint density at radius 2 is 2.38 bits per heavy atom. The summed E-state index contributed by atoms with van der Waals surface area (Å²) in [5, 5.41) is 12.2. The molecule has 1 saturated heterocycles. The normalized spacial score (nSPS) is 19.9. The van der Waals surface area contributed by atoms with Crippen molar-refractivity contribution in [2.24, 2.45) is 0 Å². The molecule has 1 aromatic rings. The number of carbonyl (C=O) groups is 1. The van der Waals surface area contributed by atoms with Gasteiger partial charge in [-0.2, -0.15) is 0 Å². The fourth-order valence-corrected chi connectivity index (χ4v) is 1.85. The van der Waals surface area contributed by atoms with Crippen molar-refractivity contribution >= 4 is 11.7 Å². The molecule has 4 heteroatoms. The van der Waals surface area contributed by atoms with E-state index in [-0.39, 0.29) is 12.1 Å². The first-order valence-electron chi connectivity index (χ1n) is 5.46. The van der Waals surface area contributed by atoms with E-state index in [1.54, 1.807) is 4.90 Å². The molecular weight excluding hydrogens is 204 g/mol. The maximum absolute atomic E-state index is 11.8. The van der Waals surface area contributed by atoms with Crippen molar-refractivity contribution in [3.63, 3.8) is 0 Å². The second kappa shape index (κ2) is 4.53. The zero-order chi connectivity index (χ0) is 11.5. The van der Waals surface area contributed by atoms with Gasteiger partial charge in [-0.05, 0) is 31.0 Å². The Labute approximate surface area is 94.9 Å². The predicted octanol–water partition coefficient (Wildman–Crippen LogP) is 1.59. The van der Waals surface area contributed by atoms with Crippen LogP contribution in [-0.2, 0) is 0 Å². The van der Waals surface area contributed by atoms with Crippen molar-refractivity contribution in [3.05, 3.63) is 29.8 Å². The first-order chi connectivity index (χ1) is 7.65. The van der Waals surface area contributed by atoms with Crippen LogP contribution in [0.25, 0.3) is 0 Å². The molecule has 1 aromatic carbocycles. The maximum atomic E-state index is 11.8. The van der Waals surface area contributed by atoms with Crippen LogP contribution >= 0.6 is 0 Å². The Kier molecular flexibility index (Phi) is 3.10. The van der Waals surface area contributed by atoms with Gasteiger partial charge in [0.15, 0.2) is 0 Å². The molecule has 1 atom stereocenters. The number of hydrogen-bond acceptors (Lipinski definition) is 2. The number of amides is 2. The van der Waals surface area contributed by atoms with Gasteiger partial charge in [0.1, 0.15) is 0 Å². The average molecular weight is 220 g/mol. The molecule has 1 aliphatic rings. The van der Waals surface area contributed by atoms with E-state index in [0.29, 0.717) is 19.5 Å². The third kappa shape index (κ3) is 2.52. The summed E-state index contributed by atoms with van der Waals surface area (Å²) in [6, 6.07) is 7.53. The number of nitrogens with zero attached hydrogens (tertiary/aromatic N) is 1. The van der Waals surface area contributed by atoms with E-state index in [0.717, 1.165) is 11.3 Å². The summed E-state index contributed by atoms with van der Waals surface area (Å²) >= 11 is 0. The van der Waals surface area contributed by atoms with E-state index in [1.165, 1.54) is 0 Å². The molecule has 0 aromatic heterocycles. The summed E-state index contributed by atoms with van der Waals surface area (Å²) in [5.74, 6) is 0. The van der Waals surface area contributed by atoms with Crippen LogP contribution in [0.1, 0.15) is 12.0 Å². The minimum absolute atomic E-state index is 0.137. The third-order valence-corrected chi connectivity index (χ3v) is 2.72. The Bertz CT molecular complexity index is 392. The predicted molar refractivity (Wildman–Crippen MR) is 62.4 cm³/mol. The van der Waals surface area contributed by atoms with Gasteiger partial charge >= 0.3 is 6.03 Å². The SMILES string of the molecule is Cc1cccc(NC(=O)N2CC[C@H](O)C2)c1. The van der Waals surface area contributed by atoms with Crippen molar-refractivity contribution in [3.8, 4) is 0 Å². The van der Waals surface area contributed by atoms with Gasteiger partial charge in [-0.1, -0.05) is 12.1 Å². The molecule has 0 bridgehead atoms. The van der Waals surface area contributed by atoms with Gasteiger partial charge in [0, 0.05) is 18.8 Å². The minimum atomic E-state index is -0.372. The van der Waals surface area contributed by atoms with Gasteiger partial charge in [-0.25, -0.2) is 4.79 Å². The summed E-state index contributed by atoms with van der Waals surface area (Å²) in [6.07, 6.45) is 0.296. The molecule has 1 aliphatic heterocycles. The van der Waals surface area contributed by atoms with Crippen LogP contribution in [0.4, 0.5) is 10.5 Å². The second-order valence-electron chi connectivity index (χ2n) is 4.19. The number of likely N-dealkylation sites (tertiary alicyclic amines) is 1. The van der Waals surface area contributed by atoms with Gasteiger partial charge in [0.2, 0.25) is 0 Å². The molecule has 2 rings (SSSR count). The Balaban J connectivity index is 1.97. The van der Waals surface area contributed by atoms with Crippen molar-refractivity contribution in [2.45, 2.75) is 19.4 Å². The maximum Gasteiger partial charge on any atom is 0.321 e. The number of benzene rings is 1. The van der Waals surface area contributed by atoms with E-state index < -0.39 is 0 Å². The van der Waals surface area contributed by atoms with Gasteiger partial charge in [0.25, 0.3) is 0 Å². The van der Waals surface area contributed by atoms with Crippen LogP contribution in [0.3, 0.4) is 0 Å². The smallest absolute Gasteiger partial charge is 0.321 e. The highest BCUT2D eigenvalue weighted by Gasteiger charge is 2.24. The molecule has 0 unspecified atom stereocenters. The lowest BCUT2D eigenvalue weighted by molar-refractivity contribution is 0.176. The monoisotopic (exact) mass is 220 g/mol. The molecule has 1 fully saturated rings. The Morgan fingerprint density at radius 1 is 1.56 bits per heavy atom. The topological polar surface area (TPSA) is 52.6 Å². The lowest BCUT2D eigenvalue weighted by atomic mass is 10.2. The molecule has 0 spiro atoms. The molecule has 4 nitrogen and oxygen atoms in total. The van der Waals surface area contributed by atoms with Crippen molar-refractivity contribution in [2.75, 3.05) is 18.4 Å². The van der Waals surface area contributed by atoms with E-state index in [1.807, 2.05) is 31.2 Å². The summed E-state index contributed by atoms with van der Waals surface area (Å²) in [4.78, 5) is 13.4. The minimum Gasteiger partial charge on any atom is -0.391 e. The van der Waals surface area contributed by atoms with Crippen LogP contribution in [0.2, 0.25) is 0 Å². The van der Waals surface area contributed by atoms with E-state index in [9.17, 15) is 9.90 Å². The summed E-state index contributed by atoms with van der Waals surface area (Å²) in [5.41, 5.74) is 1.91. The zero-order valence-corrected chi connectivity index (χ0v) is 9.31. The number of aryl methyl sites for hydroxylation is 1. The number of hydrogen-bond donors (Lipinski definition) is 2. The largest absolute Gasteiger partial charge is 0.391 e. The highest BCUT2D eigenvalue weighted by atomic mass is 16.3. The lowest BCUT2D eigenvalue weighted by Crippen LogP contribution is -2.33. The van der Waals surface area contributed by atoms with E-state index in [2.05, 4.69) is 5.32 Å². The molecule has 1 heterocycles. The molecule has 0 aliphatic carbocycles. The average Bonchev–Trinajstić information content (AvgIpc) is 2.65. The Hall–Kier alpha value is -1.55. The van der Waals surface area contributed by atoms with Crippen LogP contribution < -0.4 is 5.32 Å². The summed E-state index contributed by atoms with van der Waals surface area (Å²) in [6.45, 7) is 3.03. The number of aliphatic hydroxyl groups excluding tert-OH is 1. The molecule has 16 heavy (non-hydrogen) atoms. The van der Waals surface area contributed by atoms with Crippen LogP contribution in [0.5, 0.6) is 0 Å². The Morgan fingerprint density at radius 3 is 3.00 bits per heavy atom. The molecule has 86 valence electrons. The van der Waals surface area contributed by atoms with Gasteiger partial charge in [0.05, 0.1) is 6.10 Å². The number of urea groups is 1. The number of rotatable bonds is 1. The number of anilines is 1. The van der Waals surface area contributed by atoms with Gasteiger partial charge < -0.3 is 15.3 Å². The first kappa shape index (κ1) is 11.0. The van der Waals surface area contributed by atoms with Crippen LogP contribution in [-0.4, -0.2) is 35.2 Å². The standard InChI is InChI=1S/C12H16N2O2/c1-9-3-2-4-10(7-9)13-12(16)14-6-5-11(15)8-14/h2-4,7,11,15H,5-6,8H2,1H3,(H,13,16)/t11-/m0/s1. The summed E-state index contributed by atoms with van der Waals surface area (Å²) < 4.78 is 0. The first-order valence-corrected chi connectivity index (χ1v) is 5.46. The highest BCUT2D eigenvalue weighted by molar-refractivity contribution is 5.89. The lowest BCUT2D eigenvalue weighted by Gasteiger charge is -2.16. The molecule has 2 amide bonds. The van der Waals surface area contributed by atoms with Gasteiger partial charge in [-0.15, -0.1) is 0 Å². The third-order valence-electron chi connectivity index (χ3n) is 2.72. The van der Waals surface area contributed by atoms with Crippen molar-refractivity contribution in [1.29, 1.82) is 0 Å². The second-order valence-corrected chi connectivity index (χ2v) is 4.19. The number of aliphatic hydroxyl groups is 1. The van der Waals surface area contributed by atoms with Crippen molar-refractivity contribution in [1.82, 2.24) is 4.90 Å².